The second-order valence-corrected chi connectivity index (χ2v) is 4.67. The number of nitrogens with zero attached hydrogens (tertiary/aromatic N) is 1. The number of thioether (sulfide) groups is 1. The molecule has 0 radical (unpaired) electrons. The molecule has 0 aromatic carbocycles. The van der Waals surface area contributed by atoms with Crippen molar-refractivity contribution in [3.63, 3.8) is 0 Å². The summed E-state index contributed by atoms with van der Waals surface area (Å²) in [7, 11) is 0. The second kappa shape index (κ2) is 3.12. The zero-order valence-electron chi connectivity index (χ0n) is 7.39. The summed E-state index contributed by atoms with van der Waals surface area (Å²) in [6.45, 7) is 2.80. The molecule has 2 nitrogen and oxygen atoms in total. The fourth-order valence-corrected chi connectivity index (χ4v) is 2.41. The summed E-state index contributed by atoms with van der Waals surface area (Å²) in [6, 6.07) is 0.363. The first-order valence-electron chi connectivity index (χ1n) is 4.39. The van der Waals surface area contributed by atoms with E-state index in [4.69, 9.17) is 0 Å². The van der Waals surface area contributed by atoms with Crippen molar-refractivity contribution in [3.8, 4) is 0 Å². The van der Waals surface area contributed by atoms with Crippen LogP contribution in [-0.2, 0) is 0 Å². The van der Waals surface area contributed by atoms with Crippen LogP contribution in [0.4, 0.5) is 8.78 Å². The minimum absolute atomic E-state index is 0.0584. The number of hydrogen-bond donors (Lipinski definition) is 1. The van der Waals surface area contributed by atoms with E-state index in [1.807, 2.05) is 6.92 Å². The van der Waals surface area contributed by atoms with Crippen LogP contribution in [0.25, 0.3) is 0 Å². The third-order valence-corrected chi connectivity index (χ3v) is 3.34. The first-order chi connectivity index (χ1) is 6.08. The summed E-state index contributed by atoms with van der Waals surface area (Å²) >= 11 is 1.42. The lowest BCUT2D eigenvalue weighted by molar-refractivity contribution is 0.103. The summed E-state index contributed by atoms with van der Waals surface area (Å²) in [5.41, 5.74) is 0. The van der Waals surface area contributed by atoms with Gasteiger partial charge in [0.2, 0.25) is 0 Å². The van der Waals surface area contributed by atoms with Gasteiger partial charge in [-0.25, -0.2) is 8.78 Å². The van der Waals surface area contributed by atoms with Crippen molar-refractivity contribution in [1.29, 1.82) is 0 Å². The van der Waals surface area contributed by atoms with Gasteiger partial charge in [0.25, 0.3) is 5.92 Å². The SMILES string of the molecule is CC1CN=C(SCC2CC2(F)F)N1. The number of alkyl halides is 2. The zero-order valence-corrected chi connectivity index (χ0v) is 8.20. The van der Waals surface area contributed by atoms with Crippen LogP contribution in [0.1, 0.15) is 13.3 Å². The third kappa shape index (κ3) is 2.13. The highest BCUT2D eigenvalue weighted by Gasteiger charge is 2.56. The molecule has 2 unspecified atom stereocenters. The fourth-order valence-electron chi connectivity index (χ4n) is 1.24. The van der Waals surface area contributed by atoms with Gasteiger partial charge in [0.1, 0.15) is 0 Å². The number of rotatable bonds is 2. The van der Waals surface area contributed by atoms with Crippen LogP contribution >= 0.6 is 11.8 Å². The van der Waals surface area contributed by atoms with Crippen molar-refractivity contribution < 1.29 is 8.78 Å². The minimum atomic E-state index is -2.39. The van der Waals surface area contributed by atoms with E-state index in [2.05, 4.69) is 10.3 Å². The molecule has 74 valence electrons. The molecule has 1 saturated carbocycles. The number of halogens is 2. The van der Waals surface area contributed by atoms with Crippen molar-refractivity contribution in [3.05, 3.63) is 0 Å². The summed E-state index contributed by atoms with van der Waals surface area (Å²) in [4.78, 5) is 4.19. The maximum atomic E-state index is 12.5. The van der Waals surface area contributed by atoms with E-state index in [-0.39, 0.29) is 6.42 Å². The Labute approximate surface area is 80.2 Å². The topological polar surface area (TPSA) is 24.4 Å². The summed E-state index contributed by atoms with van der Waals surface area (Å²) in [5, 5.41) is 3.96. The highest BCUT2D eigenvalue weighted by atomic mass is 32.2. The third-order valence-electron chi connectivity index (χ3n) is 2.26. The predicted molar refractivity (Wildman–Crippen MR) is 50.4 cm³/mol. The Balaban J connectivity index is 1.70. The van der Waals surface area contributed by atoms with Gasteiger partial charge in [-0.05, 0) is 6.92 Å². The van der Waals surface area contributed by atoms with Gasteiger partial charge in [-0.3, -0.25) is 4.99 Å². The molecule has 2 rings (SSSR count). The van der Waals surface area contributed by atoms with Crippen molar-refractivity contribution in [2.45, 2.75) is 25.3 Å². The van der Waals surface area contributed by atoms with Gasteiger partial charge in [0, 0.05) is 24.1 Å². The van der Waals surface area contributed by atoms with Crippen LogP contribution < -0.4 is 5.32 Å². The zero-order chi connectivity index (χ0) is 9.47. The van der Waals surface area contributed by atoms with Gasteiger partial charge in [-0.2, -0.15) is 0 Å². The molecular formula is C8H12F2N2S. The molecule has 0 saturated heterocycles. The van der Waals surface area contributed by atoms with E-state index in [0.29, 0.717) is 11.8 Å². The number of amidine groups is 1. The summed E-state index contributed by atoms with van der Waals surface area (Å²) < 4.78 is 24.9. The van der Waals surface area contributed by atoms with E-state index in [1.54, 1.807) is 0 Å². The van der Waals surface area contributed by atoms with Gasteiger partial charge >= 0.3 is 0 Å². The Morgan fingerprint density at radius 3 is 2.85 bits per heavy atom. The predicted octanol–water partition coefficient (Wildman–Crippen LogP) is 1.72. The molecule has 2 aliphatic rings. The largest absolute Gasteiger partial charge is 0.361 e. The van der Waals surface area contributed by atoms with E-state index >= 15 is 0 Å². The van der Waals surface area contributed by atoms with Crippen molar-refractivity contribution in [2.24, 2.45) is 10.9 Å². The monoisotopic (exact) mass is 206 g/mol. The molecule has 1 fully saturated rings. The Kier molecular flexibility index (Phi) is 2.21. The van der Waals surface area contributed by atoms with Crippen LogP contribution in [0.3, 0.4) is 0 Å². The van der Waals surface area contributed by atoms with Gasteiger partial charge in [0.05, 0.1) is 6.54 Å². The first kappa shape index (κ1) is 9.24. The molecular weight excluding hydrogens is 194 g/mol. The normalized spacial score (nSPS) is 35.5. The Bertz CT molecular complexity index is 242. The molecule has 0 aromatic heterocycles. The average molecular weight is 206 g/mol. The minimum Gasteiger partial charge on any atom is -0.361 e. The molecule has 1 aliphatic heterocycles. The molecule has 0 spiro atoms. The van der Waals surface area contributed by atoms with Crippen molar-refractivity contribution >= 4 is 16.9 Å². The molecule has 0 aromatic rings. The van der Waals surface area contributed by atoms with Gasteiger partial charge in [-0.1, -0.05) is 11.8 Å². The van der Waals surface area contributed by atoms with Crippen LogP contribution in [-0.4, -0.2) is 29.4 Å². The van der Waals surface area contributed by atoms with Gasteiger partial charge < -0.3 is 5.32 Å². The molecule has 13 heavy (non-hydrogen) atoms. The Morgan fingerprint density at radius 2 is 2.38 bits per heavy atom. The molecule has 1 heterocycles. The average Bonchev–Trinajstić information content (AvgIpc) is 2.45. The van der Waals surface area contributed by atoms with Crippen molar-refractivity contribution in [1.82, 2.24) is 5.32 Å². The standard InChI is InChI=1S/C8H12F2N2S/c1-5-3-11-7(12-5)13-4-6-2-8(6,9)10/h5-6H,2-4H2,1H3,(H,11,12). The number of nitrogens with one attached hydrogen (secondary N) is 1. The second-order valence-electron chi connectivity index (χ2n) is 3.66. The highest BCUT2D eigenvalue weighted by Crippen LogP contribution is 2.50. The Morgan fingerprint density at radius 1 is 1.69 bits per heavy atom. The highest BCUT2D eigenvalue weighted by molar-refractivity contribution is 8.13. The molecule has 1 aliphatic carbocycles. The van der Waals surface area contributed by atoms with Crippen LogP contribution in [0.2, 0.25) is 0 Å². The number of aliphatic imine (C=N–C) groups is 1. The van der Waals surface area contributed by atoms with E-state index in [0.717, 1.165) is 11.7 Å². The van der Waals surface area contributed by atoms with E-state index in [9.17, 15) is 8.78 Å². The lowest BCUT2D eigenvalue weighted by Gasteiger charge is -2.04. The van der Waals surface area contributed by atoms with Crippen LogP contribution in [0, 0.1) is 5.92 Å². The van der Waals surface area contributed by atoms with Gasteiger partial charge in [-0.15, -0.1) is 0 Å². The van der Waals surface area contributed by atoms with Crippen LogP contribution in [0.15, 0.2) is 4.99 Å². The quantitative estimate of drug-likeness (QED) is 0.744. The first-order valence-corrected chi connectivity index (χ1v) is 5.38. The lowest BCUT2D eigenvalue weighted by Crippen LogP contribution is -2.25. The lowest BCUT2D eigenvalue weighted by atomic mass is 10.4. The van der Waals surface area contributed by atoms with Crippen molar-refractivity contribution in [2.75, 3.05) is 12.3 Å². The van der Waals surface area contributed by atoms with E-state index in [1.165, 1.54) is 11.8 Å². The molecule has 1 N–H and O–H groups in total. The number of hydrogen-bond acceptors (Lipinski definition) is 3. The van der Waals surface area contributed by atoms with E-state index < -0.39 is 11.8 Å². The maximum Gasteiger partial charge on any atom is 0.252 e. The molecule has 5 heteroatoms. The smallest absolute Gasteiger partial charge is 0.252 e. The molecule has 0 bridgehead atoms. The maximum absolute atomic E-state index is 12.5. The fraction of sp³-hybridized carbons (Fsp3) is 0.875. The summed E-state index contributed by atoms with van der Waals surface area (Å²) in [5.74, 6) is -2.32. The summed E-state index contributed by atoms with van der Waals surface area (Å²) in [6.07, 6.45) is 0.0584. The Hall–Kier alpha value is -0.320. The molecule has 0 amide bonds. The molecule has 2 atom stereocenters. The van der Waals surface area contributed by atoms with Crippen LogP contribution in [0.5, 0.6) is 0 Å². The van der Waals surface area contributed by atoms with Gasteiger partial charge in [0.15, 0.2) is 5.17 Å².